The third kappa shape index (κ3) is 2.93. The van der Waals surface area contributed by atoms with Gasteiger partial charge in [-0.3, -0.25) is 0 Å². The highest BCUT2D eigenvalue weighted by molar-refractivity contribution is 8.00. The summed E-state index contributed by atoms with van der Waals surface area (Å²) < 4.78 is 0. The van der Waals surface area contributed by atoms with E-state index < -0.39 is 5.41 Å². The molecule has 1 atom stereocenters. The van der Waals surface area contributed by atoms with Crippen molar-refractivity contribution in [2.45, 2.75) is 15.2 Å². The van der Waals surface area contributed by atoms with Crippen LogP contribution in [0.4, 0.5) is 0 Å². The topological polar surface area (TPSA) is 0 Å². The third-order valence-corrected chi connectivity index (χ3v) is 11.9. The predicted octanol–water partition coefficient (Wildman–Crippen LogP) is 12.1. The Morgan fingerprint density at radius 2 is 0.870 bits per heavy atom. The summed E-state index contributed by atoms with van der Waals surface area (Å²) in [6.45, 7) is 0. The molecule has 0 N–H and O–H groups in total. The molecule has 8 aromatic rings. The molecule has 2 aliphatic carbocycles. The van der Waals surface area contributed by atoms with Crippen LogP contribution in [0, 0.1) is 0 Å². The summed E-state index contributed by atoms with van der Waals surface area (Å²) in [6.07, 6.45) is 0. The number of hydrogen-bond acceptors (Lipinski definition) is 1. The first kappa shape index (κ1) is 24.9. The summed E-state index contributed by atoms with van der Waals surface area (Å²) >= 11 is 1.93. The predicted molar refractivity (Wildman–Crippen MR) is 193 cm³/mol. The maximum Gasteiger partial charge on any atom is 0.0737 e. The van der Waals surface area contributed by atoms with Gasteiger partial charge in [-0.2, -0.15) is 0 Å². The van der Waals surface area contributed by atoms with E-state index in [0.717, 1.165) is 0 Å². The van der Waals surface area contributed by atoms with E-state index >= 15 is 0 Å². The molecule has 1 aliphatic heterocycles. The van der Waals surface area contributed by atoms with Gasteiger partial charge in [0.15, 0.2) is 0 Å². The van der Waals surface area contributed by atoms with Crippen LogP contribution in [0.2, 0.25) is 0 Å². The number of rotatable bonds is 1. The van der Waals surface area contributed by atoms with E-state index in [-0.39, 0.29) is 0 Å². The van der Waals surface area contributed by atoms with Crippen LogP contribution in [0.3, 0.4) is 0 Å². The highest BCUT2D eigenvalue weighted by Gasteiger charge is 2.53. The van der Waals surface area contributed by atoms with Crippen molar-refractivity contribution in [1.29, 1.82) is 0 Å². The van der Waals surface area contributed by atoms with Gasteiger partial charge in [-0.05, 0) is 89.0 Å². The minimum absolute atomic E-state index is 0.435. The van der Waals surface area contributed by atoms with Crippen molar-refractivity contribution in [2.75, 3.05) is 0 Å². The second-order valence-corrected chi connectivity index (χ2v) is 13.8. The number of benzene rings is 8. The van der Waals surface area contributed by atoms with Gasteiger partial charge in [0.2, 0.25) is 0 Å². The Kier molecular flexibility index (Phi) is 4.80. The summed E-state index contributed by atoms with van der Waals surface area (Å²) in [4.78, 5) is 2.68. The highest BCUT2D eigenvalue weighted by atomic mass is 32.2. The quantitative estimate of drug-likeness (QED) is 0.181. The molecule has 1 heterocycles. The normalized spacial score (nSPS) is 16.3. The highest BCUT2D eigenvalue weighted by Crippen LogP contribution is 2.66. The lowest BCUT2D eigenvalue weighted by molar-refractivity contribution is 0.803. The maximum absolute atomic E-state index is 2.39. The fraction of sp³-hybridized carbons (Fsp3) is 0.0222. The first-order valence-corrected chi connectivity index (χ1v) is 16.8. The first-order valence-electron chi connectivity index (χ1n) is 16.0. The van der Waals surface area contributed by atoms with Crippen molar-refractivity contribution in [3.05, 3.63) is 180 Å². The van der Waals surface area contributed by atoms with Crippen LogP contribution in [0.1, 0.15) is 22.3 Å². The molecular formula is C45H26S. The van der Waals surface area contributed by atoms with Gasteiger partial charge >= 0.3 is 0 Å². The Morgan fingerprint density at radius 1 is 0.348 bits per heavy atom. The van der Waals surface area contributed by atoms with Gasteiger partial charge in [0.25, 0.3) is 0 Å². The zero-order valence-electron chi connectivity index (χ0n) is 24.9. The molecule has 212 valence electrons. The lowest BCUT2D eigenvalue weighted by Crippen LogP contribution is -2.27. The van der Waals surface area contributed by atoms with Crippen LogP contribution in [-0.2, 0) is 5.41 Å². The van der Waals surface area contributed by atoms with Crippen molar-refractivity contribution in [2.24, 2.45) is 0 Å². The zero-order chi connectivity index (χ0) is 30.0. The Bertz CT molecular complexity index is 2610. The van der Waals surface area contributed by atoms with E-state index in [1.54, 1.807) is 0 Å². The summed E-state index contributed by atoms with van der Waals surface area (Å²) in [5, 5.41) is 5.29. The average Bonchev–Trinajstić information content (AvgIpc) is 3.59. The van der Waals surface area contributed by atoms with Gasteiger partial charge in [0, 0.05) is 15.2 Å². The monoisotopic (exact) mass is 598 g/mol. The van der Waals surface area contributed by atoms with Crippen molar-refractivity contribution in [1.82, 2.24) is 0 Å². The number of fused-ring (bicyclic) bond motifs is 14. The lowest BCUT2D eigenvalue weighted by atomic mass is 9.67. The molecular weight excluding hydrogens is 573 g/mol. The first-order chi connectivity index (χ1) is 22.8. The van der Waals surface area contributed by atoms with E-state index in [1.165, 1.54) is 98.1 Å². The van der Waals surface area contributed by atoms with E-state index in [9.17, 15) is 0 Å². The van der Waals surface area contributed by atoms with E-state index in [0.29, 0.717) is 0 Å². The summed E-state index contributed by atoms with van der Waals surface area (Å²) in [5.41, 5.74) is 15.8. The van der Waals surface area contributed by atoms with Crippen LogP contribution in [-0.4, -0.2) is 0 Å². The van der Waals surface area contributed by atoms with Crippen molar-refractivity contribution in [3.8, 4) is 44.5 Å². The van der Waals surface area contributed by atoms with Crippen molar-refractivity contribution in [3.63, 3.8) is 0 Å². The minimum atomic E-state index is -0.435. The number of hydrogen-bond donors (Lipinski definition) is 0. The van der Waals surface area contributed by atoms with Gasteiger partial charge in [0.05, 0.1) is 5.41 Å². The minimum Gasteiger partial charge on any atom is -0.0881 e. The van der Waals surface area contributed by atoms with Gasteiger partial charge in [0.1, 0.15) is 0 Å². The van der Waals surface area contributed by atoms with Crippen molar-refractivity contribution >= 4 is 33.3 Å². The molecule has 0 saturated carbocycles. The summed E-state index contributed by atoms with van der Waals surface area (Å²) in [5.74, 6) is 0. The molecule has 0 bridgehead atoms. The smallest absolute Gasteiger partial charge is 0.0737 e. The SMILES string of the molecule is c1ccc2c(c1)-c1cccc(-c3cccc4c3Sc3cccc5cccc-4c35)c1C21c2ccccc2-c2ccc3ccccc3c21. The van der Waals surface area contributed by atoms with Crippen LogP contribution < -0.4 is 0 Å². The molecule has 0 nitrogen and oxygen atoms in total. The maximum atomic E-state index is 2.39. The van der Waals surface area contributed by atoms with Gasteiger partial charge in [-0.25, -0.2) is 0 Å². The molecule has 0 amide bonds. The average molecular weight is 599 g/mol. The summed E-state index contributed by atoms with van der Waals surface area (Å²) in [6, 6.07) is 59.4. The molecule has 8 aromatic carbocycles. The molecule has 46 heavy (non-hydrogen) atoms. The zero-order valence-corrected chi connectivity index (χ0v) is 25.7. The Morgan fingerprint density at radius 3 is 1.65 bits per heavy atom. The molecule has 0 radical (unpaired) electrons. The molecule has 11 rings (SSSR count). The molecule has 3 aliphatic rings. The molecule has 1 heteroatoms. The fourth-order valence-corrected chi connectivity index (χ4v) is 10.3. The van der Waals surface area contributed by atoms with Crippen molar-refractivity contribution < 1.29 is 0 Å². The Balaban J connectivity index is 1.30. The standard InChI is InChI=1S/C45H26S/c1-2-14-29-27(11-1)25-26-35-31-16-4-6-23-39(31)45(42(29)35)38-22-5-3-15-30(38)33-18-9-19-34(43(33)45)37-21-10-20-36-32-17-7-12-28-13-8-24-40(41(28)32)46-44(36)37/h1-26H. The fourth-order valence-electron chi connectivity index (χ4n) is 9.00. The lowest BCUT2D eigenvalue weighted by Gasteiger charge is -2.33. The summed E-state index contributed by atoms with van der Waals surface area (Å²) in [7, 11) is 0. The molecule has 0 fully saturated rings. The molecule has 0 aromatic heterocycles. The molecule has 1 spiro atoms. The van der Waals surface area contributed by atoms with Gasteiger partial charge in [-0.1, -0.05) is 163 Å². The molecule has 0 saturated heterocycles. The molecule has 1 unspecified atom stereocenters. The second kappa shape index (κ2) is 8.88. The second-order valence-electron chi connectivity index (χ2n) is 12.7. The van der Waals surface area contributed by atoms with Crippen LogP contribution in [0.5, 0.6) is 0 Å². The van der Waals surface area contributed by atoms with Crippen LogP contribution in [0.15, 0.2) is 168 Å². The largest absolute Gasteiger partial charge is 0.0881 e. The van der Waals surface area contributed by atoms with Crippen LogP contribution >= 0.6 is 11.8 Å². The van der Waals surface area contributed by atoms with E-state index in [1.807, 2.05) is 11.8 Å². The van der Waals surface area contributed by atoms with Crippen LogP contribution in [0.25, 0.3) is 66.1 Å². The Labute approximate surface area is 272 Å². The van der Waals surface area contributed by atoms with Gasteiger partial charge < -0.3 is 0 Å². The third-order valence-electron chi connectivity index (χ3n) is 10.7. The van der Waals surface area contributed by atoms with E-state index in [2.05, 4.69) is 158 Å². The van der Waals surface area contributed by atoms with Gasteiger partial charge in [-0.15, -0.1) is 0 Å². The Hall–Kier alpha value is -5.37. The van der Waals surface area contributed by atoms with E-state index in [4.69, 9.17) is 0 Å².